The summed E-state index contributed by atoms with van der Waals surface area (Å²) < 4.78 is 118. The van der Waals surface area contributed by atoms with Crippen molar-refractivity contribution in [1.82, 2.24) is 19.6 Å². The van der Waals surface area contributed by atoms with Gasteiger partial charge in [-0.1, -0.05) is 36.4 Å². The molecule has 2 atom stereocenters. The molecule has 4 aliphatic heterocycles. The number of fused-ring (bicyclic) bond motifs is 2. The summed E-state index contributed by atoms with van der Waals surface area (Å²) in [7, 11) is 0. The van der Waals surface area contributed by atoms with E-state index in [0.717, 1.165) is 59.6 Å². The molecule has 4 aromatic rings. The second-order valence-electron chi connectivity index (χ2n) is 19.4. The molecule has 0 bridgehead atoms. The van der Waals surface area contributed by atoms with Crippen LogP contribution in [0.2, 0.25) is 0 Å². The molecule has 4 aromatic carbocycles. The lowest BCUT2D eigenvalue weighted by Gasteiger charge is -2.49. The molecule has 0 amide bonds. The number of hydrogen-bond donors (Lipinski definition) is 2. The van der Waals surface area contributed by atoms with E-state index in [1.54, 1.807) is 76.2 Å². The van der Waals surface area contributed by atoms with Crippen LogP contribution in [0.4, 0.5) is 35.1 Å². The summed E-state index contributed by atoms with van der Waals surface area (Å²) in [5.74, 6) is 1.77. The van der Waals surface area contributed by atoms with E-state index in [2.05, 4.69) is 9.80 Å². The third kappa shape index (κ3) is 12.1. The average molecular weight is 933 g/mol. The minimum atomic E-state index is -4.34. The first-order valence-corrected chi connectivity index (χ1v) is 22.4. The van der Waals surface area contributed by atoms with Gasteiger partial charge in [-0.25, -0.2) is 0 Å². The second-order valence-corrected chi connectivity index (χ2v) is 19.4. The van der Waals surface area contributed by atoms with Crippen LogP contribution in [-0.4, -0.2) is 132 Å². The van der Waals surface area contributed by atoms with E-state index in [1.165, 1.54) is 21.9 Å². The fraction of sp³-hybridized carbons (Fsp3) is 0.520. The number of phenols is 2. The maximum absolute atomic E-state index is 13.5. The number of rotatable bonds is 14. The molecule has 2 saturated heterocycles. The van der Waals surface area contributed by atoms with Crippen molar-refractivity contribution in [2.45, 2.75) is 76.1 Å². The predicted octanol–water partition coefficient (Wildman–Crippen LogP) is 9.92. The van der Waals surface area contributed by atoms with E-state index in [0.29, 0.717) is 50.6 Å². The van der Waals surface area contributed by atoms with Crippen molar-refractivity contribution in [1.29, 1.82) is 0 Å². The summed E-state index contributed by atoms with van der Waals surface area (Å²) in [6, 6.07) is 22.9. The molecule has 0 spiro atoms. The number of halogens is 8. The molecule has 360 valence electrons. The molecular formula is C50H60F8N4O4. The molecule has 4 heterocycles. The van der Waals surface area contributed by atoms with Gasteiger partial charge in [0.2, 0.25) is 0 Å². The fourth-order valence-corrected chi connectivity index (χ4v) is 9.90. The topological polar surface area (TPSA) is 71.9 Å². The molecule has 8 nitrogen and oxygen atoms in total. The Labute approximate surface area is 381 Å². The van der Waals surface area contributed by atoms with Crippen molar-refractivity contribution in [2.75, 3.05) is 78.9 Å². The van der Waals surface area contributed by atoms with Gasteiger partial charge in [-0.15, -0.1) is 0 Å². The van der Waals surface area contributed by atoms with Crippen LogP contribution >= 0.6 is 0 Å². The third-order valence-corrected chi connectivity index (χ3v) is 13.2. The van der Waals surface area contributed by atoms with E-state index in [9.17, 15) is 45.3 Å². The standard InChI is InChI=1S/2C25H30F4N2O2/c2*1-24(2)12-19-11-20(32)5-8-22(19)23(31(24)16-25(27,28)29)18-3-6-21(7-4-18)33-10-9-30-14-17(13-26)15-30/h2*3-8,11,17,23,32H,9-10,12-16H2,1-2H3/t2*23-/m10/s1. The lowest BCUT2D eigenvalue weighted by Crippen LogP contribution is -2.54. The van der Waals surface area contributed by atoms with E-state index >= 15 is 0 Å². The summed E-state index contributed by atoms with van der Waals surface area (Å²) in [6.45, 7) is 9.96. The zero-order valence-corrected chi connectivity index (χ0v) is 37.8. The summed E-state index contributed by atoms with van der Waals surface area (Å²) >= 11 is 0. The molecule has 66 heavy (non-hydrogen) atoms. The average Bonchev–Trinajstić information content (AvgIpc) is 3.20. The van der Waals surface area contributed by atoms with Gasteiger partial charge in [-0.3, -0.25) is 28.4 Å². The van der Waals surface area contributed by atoms with Gasteiger partial charge in [-0.2, -0.15) is 26.3 Å². The Balaban J connectivity index is 0.000000196. The van der Waals surface area contributed by atoms with Gasteiger partial charge >= 0.3 is 12.4 Å². The highest BCUT2D eigenvalue weighted by Crippen LogP contribution is 2.46. The number of benzene rings is 4. The Morgan fingerprint density at radius 3 is 1.21 bits per heavy atom. The van der Waals surface area contributed by atoms with Crippen molar-refractivity contribution in [2.24, 2.45) is 11.8 Å². The van der Waals surface area contributed by atoms with Crippen LogP contribution in [0, 0.1) is 11.8 Å². The van der Waals surface area contributed by atoms with Gasteiger partial charge in [0, 0.05) is 62.2 Å². The normalized spacial score (nSPS) is 21.5. The quantitative estimate of drug-likeness (QED) is 0.121. The van der Waals surface area contributed by atoms with E-state index < -0.39 is 48.6 Å². The first-order valence-electron chi connectivity index (χ1n) is 22.4. The summed E-state index contributed by atoms with van der Waals surface area (Å²) in [5, 5.41) is 19.9. The largest absolute Gasteiger partial charge is 0.508 e. The lowest BCUT2D eigenvalue weighted by atomic mass is 9.79. The number of ether oxygens (including phenoxy) is 2. The van der Waals surface area contributed by atoms with Crippen LogP contribution in [0.5, 0.6) is 23.0 Å². The van der Waals surface area contributed by atoms with Crippen molar-refractivity contribution in [3.63, 3.8) is 0 Å². The molecule has 0 saturated carbocycles. The minimum absolute atomic E-state index is 0.108. The summed E-state index contributed by atoms with van der Waals surface area (Å²) in [5.41, 5.74) is 3.19. The van der Waals surface area contributed by atoms with Gasteiger partial charge in [0.25, 0.3) is 0 Å². The Hall–Kier alpha value is -4.64. The van der Waals surface area contributed by atoms with Crippen LogP contribution < -0.4 is 9.47 Å². The second kappa shape index (κ2) is 19.9. The van der Waals surface area contributed by atoms with Crippen molar-refractivity contribution in [3.05, 3.63) is 118 Å². The van der Waals surface area contributed by atoms with Gasteiger partial charge < -0.3 is 19.7 Å². The van der Waals surface area contributed by atoms with Crippen molar-refractivity contribution in [3.8, 4) is 23.0 Å². The maximum Gasteiger partial charge on any atom is 0.401 e. The lowest BCUT2D eigenvalue weighted by molar-refractivity contribution is -0.164. The zero-order valence-electron chi connectivity index (χ0n) is 37.8. The smallest absolute Gasteiger partial charge is 0.401 e. The molecular weight excluding hydrogens is 873 g/mol. The fourth-order valence-electron chi connectivity index (χ4n) is 9.90. The van der Waals surface area contributed by atoms with Crippen LogP contribution in [0.1, 0.15) is 73.2 Å². The predicted molar refractivity (Wildman–Crippen MR) is 237 cm³/mol. The number of alkyl halides is 8. The third-order valence-electron chi connectivity index (χ3n) is 13.2. The van der Waals surface area contributed by atoms with Crippen molar-refractivity contribution >= 4 is 0 Å². The summed E-state index contributed by atoms with van der Waals surface area (Å²) in [4.78, 5) is 7.25. The Bertz CT molecular complexity index is 2070. The molecule has 2 fully saturated rings. The zero-order chi connectivity index (χ0) is 47.6. The minimum Gasteiger partial charge on any atom is -0.508 e. The first-order chi connectivity index (χ1) is 31.1. The number of aromatic hydroxyl groups is 2. The Kier molecular flexibility index (Phi) is 14.9. The van der Waals surface area contributed by atoms with Crippen LogP contribution in [0.25, 0.3) is 0 Å². The van der Waals surface area contributed by atoms with Gasteiger partial charge in [-0.05, 0) is 122 Å². The van der Waals surface area contributed by atoms with Gasteiger partial charge in [0.05, 0.1) is 38.5 Å². The highest BCUT2D eigenvalue weighted by Gasteiger charge is 2.47. The van der Waals surface area contributed by atoms with Gasteiger partial charge in [0.1, 0.15) is 36.2 Å². The van der Waals surface area contributed by atoms with Gasteiger partial charge in [0.15, 0.2) is 0 Å². The van der Waals surface area contributed by atoms with Crippen LogP contribution in [0.15, 0.2) is 84.9 Å². The van der Waals surface area contributed by atoms with E-state index in [4.69, 9.17) is 9.47 Å². The molecule has 0 aromatic heterocycles. The molecule has 0 radical (unpaired) electrons. The number of hydrogen-bond acceptors (Lipinski definition) is 8. The molecule has 16 heteroatoms. The van der Waals surface area contributed by atoms with E-state index in [1.807, 2.05) is 24.3 Å². The monoisotopic (exact) mass is 932 g/mol. The van der Waals surface area contributed by atoms with Crippen molar-refractivity contribution < 1.29 is 54.8 Å². The Morgan fingerprint density at radius 2 is 0.894 bits per heavy atom. The molecule has 2 N–H and O–H groups in total. The highest BCUT2D eigenvalue weighted by atomic mass is 19.4. The molecule has 0 unspecified atom stereocenters. The number of nitrogens with zero attached hydrogens (tertiary/aromatic N) is 4. The Morgan fingerprint density at radius 1 is 0.545 bits per heavy atom. The van der Waals surface area contributed by atoms with Crippen LogP contribution in [0.3, 0.4) is 0 Å². The number of phenolic OH excluding ortho intramolecular Hbond substituents is 2. The molecule has 4 aliphatic rings. The highest BCUT2D eigenvalue weighted by molar-refractivity contribution is 5.47. The molecule has 8 rings (SSSR count). The van der Waals surface area contributed by atoms with E-state index in [-0.39, 0.29) is 36.7 Å². The number of likely N-dealkylation sites (tertiary alicyclic amines) is 2. The van der Waals surface area contributed by atoms with Crippen LogP contribution in [-0.2, 0) is 12.8 Å². The first kappa shape index (κ1) is 49.3. The molecule has 0 aliphatic carbocycles. The summed E-state index contributed by atoms with van der Waals surface area (Å²) in [6.07, 6.45) is -7.87. The SMILES string of the molecule is CC1(C)Cc2cc(O)ccc2[C@@H](c2ccc(OCCN3CC(CF)C3)cc2)N1CC(F)(F)F.CC1(C)Cc2cc(O)ccc2[C@H](c2ccc(OCCN3CC(CF)C3)cc2)N1CC(F)(F)F. The maximum atomic E-state index is 13.5.